The molecule has 0 spiro atoms. The lowest BCUT2D eigenvalue weighted by Crippen LogP contribution is -2.31. The van der Waals surface area contributed by atoms with Crippen LogP contribution < -0.4 is 4.74 Å². The van der Waals surface area contributed by atoms with Gasteiger partial charge in [0.15, 0.2) is 6.61 Å². The number of carboxylic acids is 1. The zero-order valence-corrected chi connectivity index (χ0v) is 18.6. The van der Waals surface area contributed by atoms with Gasteiger partial charge in [-0.25, -0.2) is 9.59 Å². The van der Waals surface area contributed by atoms with E-state index in [-0.39, 0.29) is 43.2 Å². The summed E-state index contributed by atoms with van der Waals surface area (Å²) in [4.78, 5) is 23.1. The zero-order valence-electron chi connectivity index (χ0n) is 18.6. The maximum Gasteiger partial charge on any atom is 0.341 e. The summed E-state index contributed by atoms with van der Waals surface area (Å²) in [6, 6.07) is 5.80. The summed E-state index contributed by atoms with van der Waals surface area (Å²) in [7, 11) is 1.47. The van der Waals surface area contributed by atoms with Gasteiger partial charge < -0.3 is 24.4 Å². The van der Waals surface area contributed by atoms with Crippen LogP contribution in [0.15, 0.2) is 18.2 Å². The highest BCUT2D eigenvalue weighted by Gasteiger charge is 2.47. The summed E-state index contributed by atoms with van der Waals surface area (Å²) in [6.07, 6.45) is 3.28. The van der Waals surface area contributed by atoms with Crippen molar-refractivity contribution in [1.29, 1.82) is 0 Å². The number of hydrogen-bond donors (Lipinski definition) is 2. The van der Waals surface area contributed by atoms with E-state index >= 15 is 0 Å². The van der Waals surface area contributed by atoms with E-state index in [1.165, 1.54) is 12.7 Å². The Kier molecular flexibility index (Phi) is 7.94. The summed E-state index contributed by atoms with van der Waals surface area (Å²) in [6.45, 7) is 3.58. The number of rotatable bonds is 10. The van der Waals surface area contributed by atoms with Gasteiger partial charge in [0.25, 0.3) is 0 Å². The number of carbonyl (C=O) groups is 2. The van der Waals surface area contributed by atoms with Crippen LogP contribution >= 0.6 is 0 Å². The van der Waals surface area contributed by atoms with Gasteiger partial charge in [-0.15, -0.1) is 0 Å². The van der Waals surface area contributed by atoms with Crippen molar-refractivity contribution < 1.29 is 34.0 Å². The van der Waals surface area contributed by atoms with Crippen LogP contribution in [0.3, 0.4) is 0 Å². The number of esters is 1. The molecule has 5 atom stereocenters. The molecule has 0 heterocycles. The minimum absolute atomic E-state index is 0.0689. The molecule has 2 aliphatic carbocycles. The summed E-state index contributed by atoms with van der Waals surface area (Å²) in [5.41, 5.74) is 2.23. The molecule has 0 amide bonds. The normalized spacial score (nSPS) is 25.6. The average molecular weight is 435 g/mol. The molecule has 1 aromatic rings. The van der Waals surface area contributed by atoms with Crippen LogP contribution in [0, 0.1) is 23.7 Å². The molecule has 2 aliphatic rings. The number of aliphatic hydroxyl groups excluding tert-OH is 1. The Morgan fingerprint density at radius 3 is 2.65 bits per heavy atom. The molecule has 0 radical (unpaired) electrons. The third-order valence-corrected chi connectivity index (χ3v) is 6.78. The van der Waals surface area contributed by atoms with Gasteiger partial charge in [0.2, 0.25) is 0 Å². The minimum Gasteiger partial charge on any atom is -0.482 e. The molecule has 0 aromatic heterocycles. The van der Waals surface area contributed by atoms with Crippen LogP contribution in [0.1, 0.15) is 44.2 Å². The molecule has 1 aromatic carbocycles. The lowest BCUT2D eigenvalue weighted by Gasteiger charge is -2.33. The molecule has 1 saturated carbocycles. The molecule has 0 aliphatic heterocycles. The Hall–Kier alpha value is -2.12. The first kappa shape index (κ1) is 23.5. The van der Waals surface area contributed by atoms with E-state index in [0.29, 0.717) is 24.0 Å². The van der Waals surface area contributed by atoms with Crippen LogP contribution in [-0.4, -0.2) is 54.7 Å². The number of carboxylic acid groups (broad SMARTS) is 1. The maximum absolute atomic E-state index is 12.1. The molecule has 1 fully saturated rings. The highest BCUT2D eigenvalue weighted by atomic mass is 16.6. The molecule has 0 bridgehead atoms. The number of methoxy groups -OCH3 is 1. The number of hydrogen-bond acceptors (Lipinski definition) is 6. The second kappa shape index (κ2) is 10.5. The second-order valence-electron chi connectivity index (χ2n) is 9.16. The second-order valence-corrected chi connectivity index (χ2v) is 9.16. The molecule has 7 nitrogen and oxygen atoms in total. The van der Waals surface area contributed by atoms with Gasteiger partial charge >= 0.3 is 11.9 Å². The standard InChI is InChI=1S/C24H34O7/c1-14(2)20(25)8-7-17-18-9-15-5-4-6-21(30-12-23(26)27)19(15)10-16(18)11-22(17)31-24(28)13-29-3/h4-6,14,16-18,20,22,25H,7-13H2,1-3H3,(H,26,27)/t16-,17+,18-,20?,22+/m0/s1. The van der Waals surface area contributed by atoms with Crippen molar-refractivity contribution in [3.63, 3.8) is 0 Å². The Labute approximate surface area is 183 Å². The van der Waals surface area contributed by atoms with Gasteiger partial charge in [-0.05, 0) is 73.0 Å². The monoisotopic (exact) mass is 434 g/mol. The van der Waals surface area contributed by atoms with Crippen LogP contribution in [0.2, 0.25) is 0 Å². The predicted octanol–water partition coefficient (Wildman–Crippen LogP) is 2.86. The molecule has 2 N–H and O–H groups in total. The van der Waals surface area contributed by atoms with Crippen LogP contribution in [0.25, 0.3) is 0 Å². The zero-order chi connectivity index (χ0) is 22.5. The van der Waals surface area contributed by atoms with E-state index < -0.39 is 5.97 Å². The van der Waals surface area contributed by atoms with Crippen LogP contribution in [0.4, 0.5) is 0 Å². The fourth-order valence-corrected chi connectivity index (χ4v) is 5.20. The number of ether oxygens (including phenoxy) is 3. The third kappa shape index (κ3) is 5.77. The van der Waals surface area contributed by atoms with E-state index in [9.17, 15) is 14.7 Å². The molecule has 3 rings (SSSR count). The number of fused-ring (bicyclic) bond motifs is 2. The first-order valence-corrected chi connectivity index (χ1v) is 11.1. The molecule has 0 saturated heterocycles. The van der Waals surface area contributed by atoms with E-state index in [1.807, 2.05) is 26.0 Å². The minimum atomic E-state index is -0.999. The smallest absolute Gasteiger partial charge is 0.341 e. The van der Waals surface area contributed by atoms with Crippen molar-refractivity contribution in [3.05, 3.63) is 29.3 Å². The molecule has 31 heavy (non-hydrogen) atoms. The first-order chi connectivity index (χ1) is 14.8. The molecule has 172 valence electrons. The maximum atomic E-state index is 12.1. The van der Waals surface area contributed by atoms with Gasteiger partial charge in [0.05, 0.1) is 6.10 Å². The van der Waals surface area contributed by atoms with Crippen molar-refractivity contribution in [2.24, 2.45) is 23.7 Å². The largest absolute Gasteiger partial charge is 0.482 e. The third-order valence-electron chi connectivity index (χ3n) is 6.78. The van der Waals surface area contributed by atoms with Crippen molar-refractivity contribution in [2.45, 2.75) is 58.2 Å². The van der Waals surface area contributed by atoms with Gasteiger partial charge in [-0.1, -0.05) is 26.0 Å². The topological polar surface area (TPSA) is 102 Å². The fraction of sp³-hybridized carbons (Fsp3) is 0.667. The highest BCUT2D eigenvalue weighted by Crippen LogP contribution is 2.49. The van der Waals surface area contributed by atoms with E-state index in [1.54, 1.807) is 0 Å². The SMILES string of the molecule is COCC(=O)O[C@@H]1C[C@@H]2Cc3c(cccc3OCC(=O)O)C[C@@H]2[C@H]1CCC(O)C(C)C. The van der Waals surface area contributed by atoms with Crippen molar-refractivity contribution in [3.8, 4) is 5.75 Å². The summed E-state index contributed by atoms with van der Waals surface area (Å²) >= 11 is 0. The quantitative estimate of drug-likeness (QED) is 0.546. The van der Waals surface area contributed by atoms with E-state index in [0.717, 1.165) is 31.2 Å². The Morgan fingerprint density at radius 1 is 1.19 bits per heavy atom. The molecule has 1 unspecified atom stereocenters. The molecule has 7 heteroatoms. The Bertz CT molecular complexity index is 775. The van der Waals surface area contributed by atoms with Crippen molar-refractivity contribution in [1.82, 2.24) is 0 Å². The summed E-state index contributed by atoms with van der Waals surface area (Å²) in [5.74, 6) is 0.309. The average Bonchev–Trinajstić information content (AvgIpc) is 3.04. The van der Waals surface area contributed by atoms with Gasteiger partial charge in [0.1, 0.15) is 18.5 Å². The van der Waals surface area contributed by atoms with Gasteiger partial charge in [0, 0.05) is 7.11 Å². The Morgan fingerprint density at radius 2 is 1.97 bits per heavy atom. The molecular weight excluding hydrogens is 400 g/mol. The summed E-state index contributed by atoms with van der Waals surface area (Å²) in [5, 5.41) is 19.3. The number of benzene rings is 1. The van der Waals surface area contributed by atoms with Crippen LogP contribution in [0.5, 0.6) is 5.75 Å². The Balaban J connectivity index is 1.79. The lowest BCUT2D eigenvalue weighted by atomic mass is 9.73. The van der Waals surface area contributed by atoms with Crippen molar-refractivity contribution >= 4 is 11.9 Å². The highest BCUT2D eigenvalue weighted by molar-refractivity contribution is 5.71. The predicted molar refractivity (Wildman–Crippen MR) is 114 cm³/mol. The molecular formula is C24H34O7. The van der Waals surface area contributed by atoms with Crippen molar-refractivity contribution in [2.75, 3.05) is 20.3 Å². The van der Waals surface area contributed by atoms with E-state index in [4.69, 9.17) is 19.3 Å². The van der Waals surface area contributed by atoms with Crippen LogP contribution in [-0.2, 0) is 31.9 Å². The number of aliphatic hydroxyl groups is 1. The number of aliphatic carboxylic acids is 1. The van der Waals surface area contributed by atoms with Gasteiger partial charge in [-0.3, -0.25) is 0 Å². The van der Waals surface area contributed by atoms with Gasteiger partial charge in [-0.2, -0.15) is 0 Å². The number of carbonyl (C=O) groups excluding carboxylic acids is 1. The first-order valence-electron chi connectivity index (χ1n) is 11.1. The summed E-state index contributed by atoms with van der Waals surface area (Å²) < 4.78 is 16.3. The lowest BCUT2D eigenvalue weighted by molar-refractivity contribution is -0.155. The fourth-order valence-electron chi connectivity index (χ4n) is 5.20. The van der Waals surface area contributed by atoms with E-state index in [2.05, 4.69) is 6.07 Å².